The van der Waals surface area contributed by atoms with Crippen LogP contribution < -0.4 is 14.2 Å². The number of hydrogen-bond acceptors (Lipinski definition) is 5. The lowest BCUT2D eigenvalue weighted by Crippen LogP contribution is -2.44. The molecule has 5 nitrogen and oxygen atoms in total. The second-order valence-corrected chi connectivity index (χ2v) is 5.27. The monoisotopic (exact) mass is 293 g/mol. The summed E-state index contributed by atoms with van der Waals surface area (Å²) in [4.78, 5) is 4.85. The van der Waals surface area contributed by atoms with Crippen LogP contribution in [0.4, 0.5) is 0 Å². The summed E-state index contributed by atoms with van der Waals surface area (Å²) in [6.45, 7) is 6.34. The van der Waals surface area contributed by atoms with Crippen molar-refractivity contribution in [1.82, 2.24) is 9.80 Å². The molecule has 1 radical (unpaired) electrons. The van der Waals surface area contributed by atoms with Crippen LogP contribution in [0.25, 0.3) is 0 Å². The fraction of sp³-hybridized carbons (Fsp3) is 0.625. The minimum atomic E-state index is 0.635. The molecule has 1 saturated heterocycles. The van der Waals surface area contributed by atoms with Gasteiger partial charge in [0.15, 0.2) is 11.5 Å². The number of nitrogens with zero attached hydrogens (tertiary/aromatic N) is 2. The van der Waals surface area contributed by atoms with E-state index in [9.17, 15) is 0 Å². The Balaban J connectivity index is 1.76. The quantitative estimate of drug-likeness (QED) is 0.712. The topological polar surface area (TPSA) is 34.2 Å². The summed E-state index contributed by atoms with van der Waals surface area (Å²) in [5.41, 5.74) is 0. The first-order valence-corrected chi connectivity index (χ1v) is 7.40. The molecule has 117 valence electrons. The van der Waals surface area contributed by atoms with E-state index in [-0.39, 0.29) is 0 Å². The van der Waals surface area contributed by atoms with E-state index in [1.807, 2.05) is 0 Å². The summed E-state index contributed by atoms with van der Waals surface area (Å²) < 4.78 is 16.4. The van der Waals surface area contributed by atoms with Gasteiger partial charge in [-0.05, 0) is 31.7 Å². The molecule has 5 heteroatoms. The van der Waals surface area contributed by atoms with E-state index in [1.165, 1.54) is 0 Å². The van der Waals surface area contributed by atoms with E-state index in [0.29, 0.717) is 23.9 Å². The maximum Gasteiger partial charge on any atom is 0.203 e. The van der Waals surface area contributed by atoms with Gasteiger partial charge in [0.25, 0.3) is 0 Å². The van der Waals surface area contributed by atoms with Gasteiger partial charge in [-0.1, -0.05) is 0 Å². The zero-order chi connectivity index (χ0) is 15.1. The molecule has 0 saturated carbocycles. The van der Waals surface area contributed by atoms with Gasteiger partial charge in [0.2, 0.25) is 5.75 Å². The number of benzene rings is 1. The van der Waals surface area contributed by atoms with E-state index in [4.69, 9.17) is 14.2 Å². The Hall–Kier alpha value is -1.46. The zero-order valence-corrected chi connectivity index (χ0v) is 13.2. The van der Waals surface area contributed by atoms with Crippen molar-refractivity contribution in [3.8, 4) is 17.2 Å². The molecule has 21 heavy (non-hydrogen) atoms. The number of rotatable bonds is 7. The minimum absolute atomic E-state index is 0.635. The van der Waals surface area contributed by atoms with Crippen molar-refractivity contribution in [3.63, 3.8) is 0 Å². The molecule has 1 aromatic carbocycles. The van der Waals surface area contributed by atoms with Crippen LogP contribution >= 0.6 is 0 Å². The van der Waals surface area contributed by atoms with E-state index >= 15 is 0 Å². The van der Waals surface area contributed by atoms with Crippen molar-refractivity contribution in [3.05, 3.63) is 18.2 Å². The predicted octanol–water partition coefficient (Wildman–Crippen LogP) is 1.52. The van der Waals surface area contributed by atoms with Crippen molar-refractivity contribution in [2.24, 2.45) is 0 Å². The molecule has 0 amide bonds. The molecule has 0 unspecified atom stereocenters. The lowest BCUT2D eigenvalue weighted by Gasteiger charge is -2.32. The largest absolute Gasteiger partial charge is 0.493 e. The Labute approximate surface area is 127 Å². The zero-order valence-electron chi connectivity index (χ0n) is 13.2. The molecule has 1 aromatic rings. The Morgan fingerprint density at radius 2 is 1.76 bits per heavy atom. The molecular formula is C16H25N2O3. The number of ether oxygens (including phenoxy) is 3. The second kappa shape index (κ2) is 8.10. The lowest BCUT2D eigenvalue weighted by atomic mass is 10.3. The van der Waals surface area contributed by atoms with Gasteiger partial charge in [0.05, 0.1) is 20.8 Å². The average Bonchev–Trinajstić information content (AvgIpc) is 2.52. The summed E-state index contributed by atoms with van der Waals surface area (Å²) in [7, 11) is 5.41. The summed E-state index contributed by atoms with van der Waals surface area (Å²) in [6.07, 6.45) is 1.00. The first-order valence-electron chi connectivity index (χ1n) is 7.40. The summed E-state index contributed by atoms with van der Waals surface area (Å²) in [6, 6.07) is 6.54. The maximum absolute atomic E-state index is 5.81. The molecule has 1 heterocycles. The first kappa shape index (κ1) is 15.9. The van der Waals surface area contributed by atoms with Crippen LogP contribution in [0.3, 0.4) is 0 Å². The highest BCUT2D eigenvalue weighted by Gasteiger charge is 2.14. The molecule has 0 aromatic heterocycles. The molecular weight excluding hydrogens is 268 g/mol. The van der Waals surface area contributed by atoms with Gasteiger partial charge in [0.1, 0.15) is 0 Å². The van der Waals surface area contributed by atoms with Crippen molar-refractivity contribution < 1.29 is 14.2 Å². The van der Waals surface area contributed by atoms with Crippen LogP contribution in [0.2, 0.25) is 0 Å². The van der Waals surface area contributed by atoms with Crippen molar-refractivity contribution in [1.29, 1.82) is 0 Å². The average molecular weight is 293 g/mol. The highest BCUT2D eigenvalue weighted by atomic mass is 16.5. The van der Waals surface area contributed by atoms with Crippen LogP contribution in [-0.2, 0) is 0 Å². The van der Waals surface area contributed by atoms with E-state index in [2.05, 4.69) is 22.9 Å². The van der Waals surface area contributed by atoms with Gasteiger partial charge < -0.3 is 24.0 Å². The SMILES string of the molecule is COc1c[c]cc(OCCCN2CCN(C)CC2)c1OC. The Kier molecular flexibility index (Phi) is 6.14. The molecule has 1 aliphatic rings. The summed E-state index contributed by atoms with van der Waals surface area (Å²) in [5, 5.41) is 0. The molecule has 0 aliphatic carbocycles. The van der Waals surface area contributed by atoms with Gasteiger partial charge in [-0.25, -0.2) is 0 Å². The third-order valence-corrected chi connectivity index (χ3v) is 3.77. The van der Waals surface area contributed by atoms with Crippen LogP contribution in [0.15, 0.2) is 12.1 Å². The maximum atomic E-state index is 5.81. The third-order valence-electron chi connectivity index (χ3n) is 3.77. The lowest BCUT2D eigenvalue weighted by molar-refractivity contribution is 0.145. The summed E-state index contributed by atoms with van der Waals surface area (Å²) in [5.74, 6) is 1.97. The van der Waals surface area contributed by atoms with Crippen molar-refractivity contribution in [2.75, 3.05) is 60.6 Å². The Morgan fingerprint density at radius 3 is 2.43 bits per heavy atom. The highest BCUT2D eigenvalue weighted by Crippen LogP contribution is 2.36. The Bertz CT molecular complexity index is 432. The molecule has 2 rings (SSSR count). The van der Waals surface area contributed by atoms with Crippen molar-refractivity contribution in [2.45, 2.75) is 6.42 Å². The van der Waals surface area contributed by atoms with Gasteiger partial charge >= 0.3 is 0 Å². The van der Waals surface area contributed by atoms with E-state index < -0.39 is 0 Å². The highest BCUT2D eigenvalue weighted by molar-refractivity contribution is 5.50. The van der Waals surface area contributed by atoms with Crippen LogP contribution in [0.5, 0.6) is 17.2 Å². The number of likely N-dealkylation sites (N-methyl/N-ethyl adjacent to an activating group) is 1. The number of piperazine rings is 1. The first-order chi connectivity index (χ1) is 10.2. The van der Waals surface area contributed by atoms with Gasteiger partial charge in [-0.15, -0.1) is 0 Å². The van der Waals surface area contributed by atoms with Crippen molar-refractivity contribution >= 4 is 0 Å². The van der Waals surface area contributed by atoms with Gasteiger partial charge in [0, 0.05) is 32.7 Å². The fourth-order valence-corrected chi connectivity index (χ4v) is 2.45. The minimum Gasteiger partial charge on any atom is -0.493 e. The van der Waals surface area contributed by atoms with E-state index in [0.717, 1.165) is 39.1 Å². The molecule has 0 spiro atoms. The predicted molar refractivity (Wildman–Crippen MR) is 82.4 cm³/mol. The standard InChI is InChI=1S/C16H25N2O3/c1-17-9-11-18(12-10-17)8-5-13-21-15-7-4-6-14(19-2)16(15)20-3/h6-7H,5,8-13H2,1-3H3. The third kappa shape index (κ3) is 4.51. The van der Waals surface area contributed by atoms with Crippen LogP contribution in [0, 0.1) is 6.07 Å². The molecule has 0 N–H and O–H groups in total. The van der Waals surface area contributed by atoms with E-state index in [1.54, 1.807) is 26.4 Å². The number of hydrogen-bond donors (Lipinski definition) is 0. The van der Waals surface area contributed by atoms with Gasteiger partial charge in [-0.2, -0.15) is 0 Å². The van der Waals surface area contributed by atoms with Gasteiger partial charge in [-0.3, -0.25) is 0 Å². The molecule has 1 fully saturated rings. The normalized spacial score (nSPS) is 16.7. The second-order valence-electron chi connectivity index (χ2n) is 5.27. The van der Waals surface area contributed by atoms with Crippen LogP contribution in [0.1, 0.15) is 6.42 Å². The summed E-state index contributed by atoms with van der Waals surface area (Å²) >= 11 is 0. The van der Waals surface area contributed by atoms with Crippen LogP contribution in [-0.4, -0.2) is 70.4 Å². The molecule has 0 bridgehead atoms. The Morgan fingerprint density at radius 1 is 1.05 bits per heavy atom. The molecule has 1 aliphatic heterocycles. The fourth-order valence-electron chi connectivity index (χ4n) is 2.45. The number of methoxy groups -OCH3 is 2. The molecule has 0 atom stereocenters. The smallest absolute Gasteiger partial charge is 0.203 e.